The summed E-state index contributed by atoms with van der Waals surface area (Å²) in [6, 6.07) is 0. The van der Waals surface area contributed by atoms with E-state index in [9.17, 15) is 14.7 Å². The number of rotatable bonds is 2. The van der Waals surface area contributed by atoms with Gasteiger partial charge in [-0.2, -0.15) is 0 Å². The van der Waals surface area contributed by atoms with Gasteiger partial charge in [0.2, 0.25) is 0 Å². The number of aliphatic carboxylic acids is 1. The molecule has 0 aromatic heterocycles. The summed E-state index contributed by atoms with van der Waals surface area (Å²) in [5, 5.41) is 10.3. The molecule has 70 valence electrons. The van der Waals surface area contributed by atoms with Gasteiger partial charge >= 0.3 is 0 Å². The van der Waals surface area contributed by atoms with Gasteiger partial charge in [0.05, 0.1) is 0 Å². The first kappa shape index (κ1) is 8.69. The van der Waals surface area contributed by atoms with Crippen molar-refractivity contribution in [2.24, 2.45) is 23.7 Å². The van der Waals surface area contributed by atoms with E-state index in [1.165, 1.54) is 0 Å². The topological polar surface area (TPSA) is 57.2 Å². The molecule has 0 aromatic rings. The zero-order valence-electron chi connectivity index (χ0n) is 6.80. The van der Waals surface area contributed by atoms with Gasteiger partial charge in [-0.15, -0.1) is 0 Å². The van der Waals surface area contributed by atoms with E-state index in [0.717, 1.165) is 6.42 Å². The molecule has 0 aromatic carbocycles. The molecule has 2 aliphatic carbocycles. The summed E-state index contributed by atoms with van der Waals surface area (Å²) in [6.45, 7) is 0. The number of carbonyl (C=O) groups is 2. The standard InChI is InChI=1S/C9H10O3S/c10-8(11)6-4-1-2-5(3-4)7(6)9(12)13/h1-2,4-7H,3H2,(H,10,11)(H,12,13)/p-2/t4-,5-,6+,7+/m1/s1. The minimum atomic E-state index is -1.14. The lowest BCUT2D eigenvalue weighted by atomic mass is 9.84. The molecule has 2 rings (SSSR count). The third-order valence-corrected chi connectivity index (χ3v) is 3.28. The van der Waals surface area contributed by atoms with Crippen LogP contribution < -0.4 is 5.11 Å². The summed E-state index contributed by atoms with van der Waals surface area (Å²) < 4.78 is 0. The van der Waals surface area contributed by atoms with Crippen LogP contribution in [0.15, 0.2) is 12.2 Å². The highest BCUT2D eigenvalue weighted by atomic mass is 32.1. The quantitative estimate of drug-likeness (QED) is 0.430. The summed E-state index contributed by atoms with van der Waals surface area (Å²) >= 11 is 4.54. The molecule has 13 heavy (non-hydrogen) atoms. The Hall–Kier alpha value is -0.900. The summed E-state index contributed by atoms with van der Waals surface area (Å²) in [6.07, 6.45) is 4.50. The maximum atomic E-state index is 11.0. The normalized spacial score (nSPS) is 40.9. The first-order valence-corrected chi connectivity index (χ1v) is 4.62. The van der Waals surface area contributed by atoms with Crippen LogP contribution in [0.4, 0.5) is 0 Å². The second-order valence-electron chi connectivity index (χ2n) is 3.64. The molecule has 0 N–H and O–H groups in total. The lowest BCUT2D eigenvalue weighted by Gasteiger charge is -2.30. The average molecular weight is 196 g/mol. The fraction of sp³-hybridized carbons (Fsp3) is 0.556. The number of carboxylic acids is 1. The number of hydrogen-bond donors (Lipinski definition) is 0. The largest absolute Gasteiger partial charge is 0.742 e. The number of carbonyl (C=O) groups excluding carboxylic acids is 2. The monoisotopic (exact) mass is 196 g/mol. The zero-order valence-corrected chi connectivity index (χ0v) is 7.62. The molecule has 0 unspecified atom stereocenters. The Labute approximate surface area is 81.2 Å². The minimum Gasteiger partial charge on any atom is -0.742 e. The molecule has 1 saturated carbocycles. The Morgan fingerprint density at radius 1 is 1.23 bits per heavy atom. The van der Waals surface area contributed by atoms with Gasteiger partial charge in [0.1, 0.15) is 0 Å². The van der Waals surface area contributed by atoms with Crippen LogP contribution in [0.5, 0.6) is 0 Å². The highest BCUT2D eigenvalue weighted by Gasteiger charge is 2.45. The van der Waals surface area contributed by atoms with Crippen molar-refractivity contribution in [1.29, 1.82) is 0 Å². The summed E-state index contributed by atoms with van der Waals surface area (Å²) in [5.74, 6) is -2.33. The van der Waals surface area contributed by atoms with Gasteiger partial charge in [-0.05, 0) is 18.3 Å². The van der Waals surface area contributed by atoms with Gasteiger partial charge in [0.15, 0.2) is 0 Å². The van der Waals surface area contributed by atoms with Crippen molar-refractivity contribution in [3.8, 4) is 0 Å². The van der Waals surface area contributed by atoms with Gasteiger partial charge in [0.25, 0.3) is 0 Å². The first-order valence-electron chi connectivity index (χ1n) is 4.21. The molecule has 0 amide bonds. The van der Waals surface area contributed by atoms with E-state index in [1.54, 1.807) is 0 Å². The molecule has 1 fully saturated rings. The molecule has 0 radical (unpaired) electrons. The molecular weight excluding hydrogens is 188 g/mol. The highest BCUT2D eigenvalue weighted by Crippen LogP contribution is 2.47. The molecule has 0 saturated heterocycles. The van der Waals surface area contributed by atoms with Gasteiger partial charge in [0, 0.05) is 22.9 Å². The van der Waals surface area contributed by atoms with Crippen LogP contribution in [0.2, 0.25) is 0 Å². The van der Waals surface area contributed by atoms with Crippen LogP contribution in [-0.2, 0) is 22.2 Å². The van der Waals surface area contributed by atoms with E-state index in [0.29, 0.717) is 0 Å². The number of allylic oxidation sites excluding steroid dienone is 2. The van der Waals surface area contributed by atoms with E-state index in [4.69, 9.17) is 0 Å². The molecule has 4 atom stereocenters. The molecule has 2 aliphatic rings. The molecule has 0 aliphatic heterocycles. The Morgan fingerprint density at radius 2 is 1.77 bits per heavy atom. The lowest BCUT2D eigenvalue weighted by Crippen LogP contribution is -2.40. The van der Waals surface area contributed by atoms with Crippen molar-refractivity contribution < 1.29 is 14.7 Å². The average Bonchev–Trinajstić information content (AvgIpc) is 2.60. The fourth-order valence-electron chi connectivity index (χ4n) is 2.46. The van der Waals surface area contributed by atoms with Gasteiger partial charge in [-0.3, -0.25) is 0 Å². The summed E-state index contributed by atoms with van der Waals surface area (Å²) in [5.41, 5.74) is 0. The van der Waals surface area contributed by atoms with Crippen molar-refractivity contribution in [1.82, 2.24) is 0 Å². The van der Waals surface area contributed by atoms with Crippen molar-refractivity contribution in [3.63, 3.8) is 0 Å². The smallest absolute Gasteiger partial charge is 0.0457 e. The third kappa shape index (κ3) is 1.16. The van der Waals surface area contributed by atoms with Gasteiger partial charge in [-0.1, -0.05) is 12.2 Å². The Kier molecular flexibility index (Phi) is 1.87. The van der Waals surface area contributed by atoms with Crippen molar-refractivity contribution in [2.45, 2.75) is 6.42 Å². The maximum Gasteiger partial charge on any atom is 0.0457 e. The Balaban J connectivity index is 2.30. The van der Waals surface area contributed by atoms with E-state index in [-0.39, 0.29) is 11.8 Å². The molecule has 0 heterocycles. The van der Waals surface area contributed by atoms with Crippen LogP contribution in [-0.4, -0.2) is 11.1 Å². The predicted molar refractivity (Wildman–Crippen MR) is 45.1 cm³/mol. The van der Waals surface area contributed by atoms with Crippen LogP contribution in [0.3, 0.4) is 0 Å². The zero-order chi connectivity index (χ0) is 9.59. The fourth-order valence-corrected chi connectivity index (χ4v) is 2.79. The van der Waals surface area contributed by atoms with Gasteiger partial charge < -0.3 is 27.3 Å². The highest BCUT2D eigenvalue weighted by molar-refractivity contribution is 7.77. The Morgan fingerprint density at radius 3 is 2.15 bits per heavy atom. The molecule has 0 spiro atoms. The SMILES string of the molecule is O=C([O-])[C@@H]1[C@@H](C(=O)[S-])[C@@H]2C=C[C@@H]1C2. The third-order valence-electron chi connectivity index (χ3n) is 3.00. The van der Waals surface area contributed by atoms with Crippen LogP contribution >= 0.6 is 0 Å². The van der Waals surface area contributed by atoms with Crippen LogP contribution in [0.25, 0.3) is 0 Å². The van der Waals surface area contributed by atoms with Crippen LogP contribution in [0.1, 0.15) is 6.42 Å². The first-order chi connectivity index (χ1) is 6.11. The molecule has 4 heteroatoms. The van der Waals surface area contributed by atoms with Crippen molar-refractivity contribution in [3.05, 3.63) is 12.2 Å². The van der Waals surface area contributed by atoms with E-state index in [2.05, 4.69) is 12.6 Å². The van der Waals surface area contributed by atoms with E-state index >= 15 is 0 Å². The second kappa shape index (κ2) is 2.80. The number of hydrogen-bond acceptors (Lipinski definition) is 4. The molecule has 3 nitrogen and oxygen atoms in total. The number of carboxylic acid groups (broad SMARTS) is 1. The molecule has 2 bridgehead atoms. The summed E-state index contributed by atoms with van der Waals surface area (Å²) in [4.78, 5) is 21.8. The molecular formula is C9H8O3S-2. The van der Waals surface area contributed by atoms with Crippen molar-refractivity contribution in [2.75, 3.05) is 0 Å². The van der Waals surface area contributed by atoms with E-state index < -0.39 is 22.9 Å². The van der Waals surface area contributed by atoms with E-state index in [1.807, 2.05) is 12.2 Å². The number of fused-ring (bicyclic) bond motifs is 2. The Bertz CT molecular complexity index is 269. The maximum absolute atomic E-state index is 11.0. The predicted octanol–water partition coefficient (Wildman–Crippen LogP) is -0.752. The summed E-state index contributed by atoms with van der Waals surface area (Å²) in [7, 11) is 0. The van der Waals surface area contributed by atoms with Crippen LogP contribution in [0, 0.1) is 23.7 Å². The lowest BCUT2D eigenvalue weighted by molar-refractivity contribution is -0.313. The van der Waals surface area contributed by atoms with Gasteiger partial charge in [-0.25, -0.2) is 0 Å². The van der Waals surface area contributed by atoms with Crippen molar-refractivity contribution >= 4 is 23.7 Å². The minimum absolute atomic E-state index is 0.0353. The second-order valence-corrected chi connectivity index (χ2v) is 4.04.